The molecule has 0 radical (unpaired) electrons. The third kappa shape index (κ3) is 1.89. The lowest BCUT2D eigenvalue weighted by molar-refractivity contribution is 0.0582. The van der Waals surface area contributed by atoms with Crippen LogP contribution in [0.3, 0.4) is 0 Å². The summed E-state index contributed by atoms with van der Waals surface area (Å²) in [6.07, 6.45) is 0.116. The topological polar surface area (TPSA) is 9.23 Å². The van der Waals surface area contributed by atoms with Gasteiger partial charge in [0.2, 0.25) is 0 Å². The molecule has 3 aromatic rings. The molecule has 98 valence electrons. The van der Waals surface area contributed by atoms with E-state index in [0.717, 1.165) is 0 Å². The summed E-state index contributed by atoms with van der Waals surface area (Å²) in [5.74, 6) is 0. The van der Waals surface area contributed by atoms with Gasteiger partial charge in [-0.25, -0.2) is 0 Å². The van der Waals surface area contributed by atoms with E-state index in [1.165, 1.54) is 22.3 Å². The Kier molecular flexibility index (Phi) is 2.91. The maximum atomic E-state index is 6.35. The summed E-state index contributed by atoms with van der Waals surface area (Å²) in [5, 5.41) is 4.44. The molecular weight excluding hydrogens is 264 g/mol. The van der Waals surface area contributed by atoms with Crippen molar-refractivity contribution in [2.75, 3.05) is 0 Å². The molecular formula is C18H14OS. The molecule has 0 amide bonds. The molecule has 4 rings (SSSR count). The number of benzene rings is 2. The predicted octanol–water partition coefficient (Wildman–Crippen LogP) is 4.96. The first-order valence-corrected chi connectivity index (χ1v) is 7.69. The number of hydrogen-bond acceptors (Lipinski definition) is 2. The highest BCUT2D eigenvalue weighted by atomic mass is 32.1. The van der Waals surface area contributed by atoms with Crippen molar-refractivity contribution in [3.63, 3.8) is 0 Å². The summed E-state index contributed by atoms with van der Waals surface area (Å²) in [4.78, 5) is 0. The summed E-state index contributed by atoms with van der Waals surface area (Å²) in [7, 11) is 0. The fourth-order valence-electron chi connectivity index (χ4n) is 2.80. The molecule has 2 aromatic carbocycles. The van der Waals surface area contributed by atoms with Crippen LogP contribution in [0.25, 0.3) is 0 Å². The van der Waals surface area contributed by atoms with Crippen molar-refractivity contribution in [3.05, 3.63) is 93.7 Å². The highest BCUT2D eigenvalue weighted by Gasteiger charge is 2.34. The van der Waals surface area contributed by atoms with Crippen LogP contribution in [-0.4, -0.2) is 0 Å². The molecule has 0 saturated heterocycles. The fourth-order valence-corrected chi connectivity index (χ4v) is 3.68. The van der Waals surface area contributed by atoms with Crippen molar-refractivity contribution in [2.24, 2.45) is 0 Å². The van der Waals surface area contributed by atoms with Crippen LogP contribution in [0, 0.1) is 0 Å². The molecule has 0 saturated carbocycles. The van der Waals surface area contributed by atoms with Gasteiger partial charge in [-0.1, -0.05) is 60.7 Å². The summed E-state index contributed by atoms with van der Waals surface area (Å²) in [5.41, 5.74) is 5.08. The summed E-state index contributed by atoms with van der Waals surface area (Å²) in [6.45, 7) is 0. The van der Waals surface area contributed by atoms with Crippen LogP contribution in [0.4, 0.5) is 0 Å². The molecule has 2 atom stereocenters. The standard InChI is InChI=1S/C18H14OS/c1-3-7-13(8-4-1)17-15-11-20-12-16(15)18(19-17)14-9-5-2-6-10-14/h1-12,17-18H. The first kappa shape index (κ1) is 11.9. The van der Waals surface area contributed by atoms with Gasteiger partial charge in [-0.05, 0) is 21.9 Å². The van der Waals surface area contributed by atoms with Gasteiger partial charge >= 0.3 is 0 Å². The van der Waals surface area contributed by atoms with E-state index >= 15 is 0 Å². The third-order valence-corrected chi connectivity index (χ3v) is 4.55. The Labute approximate surface area is 122 Å². The zero-order valence-electron chi connectivity index (χ0n) is 10.9. The van der Waals surface area contributed by atoms with Gasteiger partial charge in [0, 0.05) is 11.1 Å². The number of thiophene rings is 1. The Morgan fingerprint density at radius 1 is 0.650 bits per heavy atom. The zero-order valence-corrected chi connectivity index (χ0v) is 11.7. The highest BCUT2D eigenvalue weighted by Crippen LogP contribution is 2.47. The van der Waals surface area contributed by atoms with Gasteiger partial charge in [0.1, 0.15) is 12.2 Å². The highest BCUT2D eigenvalue weighted by molar-refractivity contribution is 7.08. The lowest BCUT2D eigenvalue weighted by Crippen LogP contribution is -2.02. The van der Waals surface area contributed by atoms with Gasteiger partial charge < -0.3 is 4.74 Å². The molecule has 0 bridgehead atoms. The van der Waals surface area contributed by atoms with E-state index in [9.17, 15) is 0 Å². The fraction of sp³-hybridized carbons (Fsp3) is 0.111. The minimum atomic E-state index is 0.0580. The Morgan fingerprint density at radius 3 is 1.55 bits per heavy atom. The SMILES string of the molecule is c1ccc(C2OC(c3ccccc3)c3cscc32)cc1. The number of fused-ring (bicyclic) bond motifs is 1. The summed E-state index contributed by atoms with van der Waals surface area (Å²) in [6, 6.07) is 20.9. The lowest BCUT2D eigenvalue weighted by atomic mass is 9.99. The second-order valence-corrected chi connectivity index (χ2v) is 5.74. The van der Waals surface area contributed by atoms with E-state index in [2.05, 4.69) is 59.3 Å². The average molecular weight is 278 g/mol. The maximum absolute atomic E-state index is 6.35. The van der Waals surface area contributed by atoms with Crippen molar-refractivity contribution in [1.82, 2.24) is 0 Å². The van der Waals surface area contributed by atoms with Gasteiger partial charge in [-0.3, -0.25) is 0 Å². The molecule has 0 spiro atoms. The number of hydrogen-bond donors (Lipinski definition) is 0. The minimum Gasteiger partial charge on any atom is -0.356 e. The quantitative estimate of drug-likeness (QED) is 0.644. The average Bonchev–Trinajstić information content (AvgIpc) is 3.11. The normalized spacial score (nSPS) is 20.8. The van der Waals surface area contributed by atoms with E-state index < -0.39 is 0 Å². The lowest BCUT2D eigenvalue weighted by Gasteiger charge is -2.15. The van der Waals surface area contributed by atoms with Gasteiger partial charge in [-0.15, -0.1) is 0 Å². The molecule has 2 heteroatoms. The van der Waals surface area contributed by atoms with E-state index in [0.29, 0.717) is 0 Å². The minimum absolute atomic E-state index is 0.0580. The van der Waals surface area contributed by atoms with Crippen LogP contribution in [0.1, 0.15) is 34.5 Å². The maximum Gasteiger partial charge on any atom is 0.110 e. The predicted molar refractivity (Wildman–Crippen MR) is 82.0 cm³/mol. The van der Waals surface area contributed by atoms with E-state index in [4.69, 9.17) is 4.74 Å². The molecule has 0 fully saturated rings. The molecule has 2 heterocycles. The molecule has 2 unspecified atom stereocenters. The number of ether oxygens (including phenoxy) is 1. The van der Waals surface area contributed by atoms with E-state index in [1.807, 2.05) is 12.1 Å². The Balaban J connectivity index is 1.77. The van der Waals surface area contributed by atoms with Crippen LogP contribution in [0.5, 0.6) is 0 Å². The van der Waals surface area contributed by atoms with Gasteiger partial charge in [0.25, 0.3) is 0 Å². The first-order valence-electron chi connectivity index (χ1n) is 6.75. The van der Waals surface area contributed by atoms with Crippen LogP contribution < -0.4 is 0 Å². The zero-order chi connectivity index (χ0) is 13.4. The van der Waals surface area contributed by atoms with Crippen molar-refractivity contribution in [3.8, 4) is 0 Å². The molecule has 20 heavy (non-hydrogen) atoms. The largest absolute Gasteiger partial charge is 0.356 e. The van der Waals surface area contributed by atoms with Gasteiger partial charge in [0.15, 0.2) is 0 Å². The Hall–Kier alpha value is -1.90. The monoisotopic (exact) mass is 278 g/mol. The van der Waals surface area contributed by atoms with E-state index in [-0.39, 0.29) is 12.2 Å². The van der Waals surface area contributed by atoms with E-state index in [1.54, 1.807) is 11.3 Å². The first-order chi connectivity index (χ1) is 9.93. The Morgan fingerprint density at radius 2 is 1.10 bits per heavy atom. The second kappa shape index (κ2) is 4.89. The van der Waals surface area contributed by atoms with Crippen molar-refractivity contribution in [2.45, 2.75) is 12.2 Å². The van der Waals surface area contributed by atoms with Crippen LogP contribution in [-0.2, 0) is 4.74 Å². The van der Waals surface area contributed by atoms with Crippen LogP contribution in [0.15, 0.2) is 71.4 Å². The van der Waals surface area contributed by atoms with Crippen molar-refractivity contribution >= 4 is 11.3 Å². The molecule has 0 aliphatic carbocycles. The van der Waals surface area contributed by atoms with Crippen LogP contribution in [0.2, 0.25) is 0 Å². The molecule has 1 aromatic heterocycles. The van der Waals surface area contributed by atoms with Gasteiger partial charge in [0.05, 0.1) is 0 Å². The van der Waals surface area contributed by atoms with Crippen molar-refractivity contribution in [1.29, 1.82) is 0 Å². The molecule has 1 aliphatic heterocycles. The summed E-state index contributed by atoms with van der Waals surface area (Å²) < 4.78 is 6.35. The molecule has 1 nitrogen and oxygen atoms in total. The third-order valence-electron chi connectivity index (χ3n) is 3.77. The van der Waals surface area contributed by atoms with Gasteiger partial charge in [-0.2, -0.15) is 11.3 Å². The molecule has 0 N–H and O–H groups in total. The molecule has 1 aliphatic rings. The summed E-state index contributed by atoms with van der Waals surface area (Å²) >= 11 is 1.76. The Bertz CT molecular complexity index is 643. The second-order valence-electron chi connectivity index (χ2n) is 5.00. The number of rotatable bonds is 2. The smallest absolute Gasteiger partial charge is 0.110 e. The van der Waals surface area contributed by atoms with Crippen LogP contribution >= 0.6 is 11.3 Å². The van der Waals surface area contributed by atoms with Crippen molar-refractivity contribution < 1.29 is 4.74 Å².